The maximum atomic E-state index is 8.74. The highest BCUT2D eigenvalue weighted by Crippen LogP contribution is 1.72. The first-order chi connectivity index (χ1) is 8.18. The van der Waals surface area contributed by atoms with Gasteiger partial charge in [-0.05, 0) is 13.5 Å². The molecule has 0 heterocycles. The molecule has 0 bridgehead atoms. The number of aliphatic hydroxyl groups excluding tert-OH is 1. The van der Waals surface area contributed by atoms with Crippen LogP contribution in [0.4, 0.5) is 0 Å². The number of nitrogens with one attached hydrogen (secondary N) is 1. The third-order valence-corrected chi connectivity index (χ3v) is 0.971. The van der Waals surface area contributed by atoms with Crippen molar-refractivity contribution in [1.82, 2.24) is 5.32 Å². The van der Waals surface area contributed by atoms with Gasteiger partial charge in [-0.2, -0.15) is 8.42 Å². The Balaban J connectivity index is -0.000000190. The molecule has 0 aromatic carbocycles. The molecule has 1 atom stereocenters. The van der Waals surface area contributed by atoms with Gasteiger partial charge in [0.15, 0.2) is 0 Å². The predicted molar refractivity (Wildman–Crippen MR) is 70.7 cm³/mol. The van der Waals surface area contributed by atoms with Crippen LogP contribution in [-0.2, 0) is 15.1 Å². The van der Waals surface area contributed by atoms with Crippen molar-refractivity contribution < 1.29 is 27.4 Å². The SMILES string of the molecule is C=CCOCC=C.CCNC(C)O.O=S(=O)(O)O. The molecule has 0 aromatic rings. The zero-order valence-corrected chi connectivity index (χ0v) is 11.6. The maximum Gasteiger partial charge on any atom is 0.394 e. The largest absolute Gasteiger partial charge is 0.394 e. The highest BCUT2D eigenvalue weighted by Gasteiger charge is 1.84. The molecule has 8 heteroatoms. The second-order valence-electron chi connectivity index (χ2n) is 2.80. The van der Waals surface area contributed by atoms with E-state index in [0.717, 1.165) is 6.54 Å². The average Bonchev–Trinajstić information content (AvgIpc) is 2.16. The third kappa shape index (κ3) is 79.5. The van der Waals surface area contributed by atoms with E-state index in [9.17, 15) is 0 Å². The van der Waals surface area contributed by atoms with E-state index >= 15 is 0 Å². The van der Waals surface area contributed by atoms with Crippen molar-refractivity contribution in [3.8, 4) is 0 Å². The molecule has 1 unspecified atom stereocenters. The van der Waals surface area contributed by atoms with E-state index in [2.05, 4.69) is 18.5 Å². The molecular formula is C10H23NO6S. The Hall–Kier alpha value is -0.770. The summed E-state index contributed by atoms with van der Waals surface area (Å²) in [5, 5.41) is 11.2. The molecule has 7 nitrogen and oxygen atoms in total. The minimum absolute atomic E-state index is 0.352. The van der Waals surface area contributed by atoms with Crippen molar-refractivity contribution in [2.24, 2.45) is 0 Å². The van der Waals surface area contributed by atoms with Crippen LogP contribution in [0.5, 0.6) is 0 Å². The molecule has 18 heavy (non-hydrogen) atoms. The van der Waals surface area contributed by atoms with Gasteiger partial charge in [0.25, 0.3) is 0 Å². The lowest BCUT2D eigenvalue weighted by Crippen LogP contribution is -2.24. The van der Waals surface area contributed by atoms with Gasteiger partial charge in [0.1, 0.15) is 6.23 Å². The lowest BCUT2D eigenvalue weighted by Gasteiger charge is -2.00. The minimum Gasteiger partial charge on any atom is -0.379 e. The normalized spacial score (nSPS) is 11.2. The summed E-state index contributed by atoms with van der Waals surface area (Å²) >= 11 is 0. The van der Waals surface area contributed by atoms with Crippen LogP contribution in [0.3, 0.4) is 0 Å². The summed E-state index contributed by atoms with van der Waals surface area (Å²) in [4.78, 5) is 0. The molecule has 0 rings (SSSR count). The summed E-state index contributed by atoms with van der Waals surface area (Å²) in [7, 11) is -4.67. The van der Waals surface area contributed by atoms with Crippen LogP contribution < -0.4 is 5.32 Å². The molecule has 0 aliphatic heterocycles. The summed E-state index contributed by atoms with van der Waals surface area (Å²) in [6.07, 6.45) is 3.07. The van der Waals surface area contributed by atoms with Crippen molar-refractivity contribution in [2.45, 2.75) is 20.1 Å². The number of hydrogen-bond donors (Lipinski definition) is 4. The van der Waals surface area contributed by atoms with Gasteiger partial charge in [-0.1, -0.05) is 19.1 Å². The standard InChI is InChI=1S/C6H10O.C4H11NO.H2O4S/c1-3-5-7-6-4-2;1-3-5-4(2)6;1-5(2,3)4/h3-4H,1-2,5-6H2;4-6H,3H2,1-2H3;(H2,1,2,3,4). The summed E-state index contributed by atoms with van der Waals surface area (Å²) in [5.74, 6) is 0. The van der Waals surface area contributed by atoms with Crippen molar-refractivity contribution in [3.05, 3.63) is 25.3 Å². The van der Waals surface area contributed by atoms with E-state index < -0.39 is 10.4 Å². The molecule has 0 amide bonds. The van der Waals surface area contributed by atoms with Crippen LogP contribution in [0.15, 0.2) is 25.3 Å². The van der Waals surface area contributed by atoms with Gasteiger partial charge >= 0.3 is 10.4 Å². The van der Waals surface area contributed by atoms with Crippen LogP contribution in [-0.4, -0.2) is 48.6 Å². The summed E-state index contributed by atoms with van der Waals surface area (Å²) in [6, 6.07) is 0. The Morgan fingerprint density at radius 1 is 1.28 bits per heavy atom. The van der Waals surface area contributed by atoms with Gasteiger partial charge < -0.3 is 9.84 Å². The molecule has 0 aromatic heterocycles. The van der Waals surface area contributed by atoms with E-state index in [1.165, 1.54) is 0 Å². The fourth-order valence-electron chi connectivity index (χ4n) is 0.530. The van der Waals surface area contributed by atoms with Crippen molar-refractivity contribution in [2.75, 3.05) is 19.8 Å². The Labute approximate surface area is 109 Å². The van der Waals surface area contributed by atoms with Crippen molar-refractivity contribution in [3.63, 3.8) is 0 Å². The molecular weight excluding hydrogens is 262 g/mol. The zero-order valence-electron chi connectivity index (χ0n) is 10.7. The van der Waals surface area contributed by atoms with Gasteiger partial charge in [0.05, 0.1) is 13.2 Å². The first-order valence-electron chi connectivity index (χ1n) is 5.09. The molecule has 0 saturated carbocycles. The highest BCUT2D eigenvalue weighted by atomic mass is 32.3. The van der Waals surface area contributed by atoms with E-state index in [1.54, 1.807) is 19.1 Å². The van der Waals surface area contributed by atoms with Gasteiger partial charge in [0.2, 0.25) is 0 Å². The average molecular weight is 285 g/mol. The number of hydrogen-bond acceptors (Lipinski definition) is 5. The molecule has 0 fully saturated rings. The Morgan fingerprint density at radius 3 is 1.72 bits per heavy atom. The third-order valence-electron chi connectivity index (χ3n) is 0.971. The fraction of sp³-hybridized carbons (Fsp3) is 0.600. The van der Waals surface area contributed by atoms with Crippen LogP contribution in [0.1, 0.15) is 13.8 Å². The minimum atomic E-state index is -4.67. The molecule has 0 saturated heterocycles. The topological polar surface area (TPSA) is 116 Å². The number of aliphatic hydroxyl groups is 1. The van der Waals surface area contributed by atoms with Crippen LogP contribution in [0.25, 0.3) is 0 Å². The predicted octanol–water partition coefficient (Wildman–Crippen LogP) is 0.656. The molecule has 0 spiro atoms. The molecule has 4 N–H and O–H groups in total. The molecule has 110 valence electrons. The van der Waals surface area contributed by atoms with Crippen LogP contribution >= 0.6 is 0 Å². The van der Waals surface area contributed by atoms with Gasteiger partial charge in [-0.15, -0.1) is 13.2 Å². The van der Waals surface area contributed by atoms with E-state index in [4.69, 9.17) is 27.4 Å². The van der Waals surface area contributed by atoms with E-state index in [-0.39, 0.29) is 6.23 Å². The maximum absolute atomic E-state index is 8.74. The van der Waals surface area contributed by atoms with Crippen molar-refractivity contribution >= 4 is 10.4 Å². The Bertz CT molecular complexity index is 260. The van der Waals surface area contributed by atoms with Crippen LogP contribution in [0, 0.1) is 0 Å². The molecule has 0 radical (unpaired) electrons. The number of ether oxygens (including phenoxy) is 1. The van der Waals surface area contributed by atoms with Crippen LogP contribution in [0.2, 0.25) is 0 Å². The Morgan fingerprint density at radius 2 is 1.61 bits per heavy atom. The van der Waals surface area contributed by atoms with Crippen molar-refractivity contribution in [1.29, 1.82) is 0 Å². The van der Waals surface area contributed by atoms with E-state index in [1.807, 2.05) is 6.92 Å². The van der Waals surface area contributed by atoms with Gasteiger partial charge in [0, 0.05) is 0 Å². The first kappa shape index (κ1) is 22.4. The smallest absolute Gasteiger partial charge is 0.379 e. The molecule has 0 aliphatic carbocycles. The Kier molecular flexibility index (Phi) is 20.2. The quantitative estimate of drug-likeness (QED) is 0.245. The van der Waals surface area contributed by atoms with Gasteiger partial charge in [-0.3, -0.25) is 14.4 Å². The second-order valence-corrected chi connectivity index (χ2v) is 3.69. The monoisotopic (exact) mass is 285 g/mol. The first-order valence-corrected chi connectivity index (χ1v) is 6.49. The van der Waals surface area contributed by atoms with E-state index in [0.29, 0.717) is 13.2 Å². The fourth-order valence-corrected chi connectivity index (χ4v) is 0.530. The lowest BCUT2D eigenvalue weighted by atomic mass is 10.6. The summed E-state index contributed by atoms with van der Waals surface area (Å²) < 4.78 is 36.5. The number of rotatable bonds is 6. The lowest BCUT2D eigenvalue weighted by molar-refractivity contribution is 0.159. The van der Waals surface area contributed by atoms with Gasteiger partial charge in [-0.25, -0.2) is 0 Å². The highest BCUT2D eigenvalue weighted by molar-refractivity contribution is 7.79. The summed E-state index contributed by atoms with van der Waals surface area (Å²) in [5.41, 5.74) is 0. The zero-order chi connectivity index (χ0) is 15.0. The molecule has 0 aliphatic rings. The second kappa shape index (κ2) is 16.2. The summed E-state index contributed by atoms with van der Waals surface area (Å²) in [6.45, 7) is 12.7.